The van der Waals surface area contributed by atoms with Gasteiger partial charge in [-0.2, -0.15) is 13.2 Å². The molecule has 0 unspecified atom stereocenters. The number of alkyl halides is 3. The molecule has 0 radical (unpaired) electrons. The fourth-order valence-corrected chi connectivity index (χ4v) is 3.22. The first-order valence-corrected chi connectivity index (χ1v) is 8.71. The number of aryl methyl sites for hydroxylation is 1. The number of hydrogen-bond donors (Lipinski definition) is 1. The third-order valence-electron chi connectivity index (χ3n) is 4.62. The Kier molecular flexibility index (Phi) is 5.66. The molecule has 0 spiro atoms. The first kappa shape index (κ1) is 18.5. The average molecular weight is 365 g/mol. The van der Waals surface area contributed by atoms with Gasteiger partial charge in [-0.05, 0) is 36.6 Å². The fraction of sp³-hybridized carbons (Fsp3) is 0.421. The molecule has 1 aromatic carbocycles. The Bertz CT molecular complexity index is 711. The van der Waals surface area contributed by atoms with Crippen LogP contribution in [0.25, 0.3) is 0 Å². The summed E-state index contributed by atoms with van der Waals surface area (Å²) in [5.41, 5.74) is 1.65. The van der Waals surface area contributed by atoms with E-state index in [1.54, 1.807) is 0 Å². The summed E-state index contributed by atoms with van der Waals surface area (Å²) in [6.07, 6.45) is -1.91. The smallest absolute Gasteiger partial charge is 0.396 e. The second-order valence-corrected chi connectivity index (χ2v) is 6.33. The normalized spacial score (nSPS) is 15.4. The van der Waals surface area contributed by atoms with Gasteiger partial charge in [0.15, 0.2) is 0 Å². The third-order valence-corrected chi connectivity index (χ3v) is 4.62. The molecule has 0 atom stereocenters. The number of anilines is 2. The lowest BCUT2D eigenvalue weighted by atomic mass is 10.1. The summed E-state index contributed by atoms with van der Waals surface area (Å²) in [7, 11) is 0. The summed E-state index contributed by atoms with van der Waals surface area (Å²) >= 11 is 0. The minimum atomic E-state index is -4.36. The molecule has 7 heteroatoms. The maximum Gasteiger partial charge on any atom is 0.417 e. The minimum Gasteiger partial charge on any atom is -0.396 e. The van der Waals surface area contributed by atoms with Crippen LogP contribution in [0.2, 0.25) is 0 Å². The summed E-state index contributed by atoms with van der Waals surface area (Å²) in [5.74, 6) is 0.575. The first-order chi connectivity index (χ1) is 12.5. The monoisotopic (exact) mass is 365 g/mol. The topological polar surface area (TPSA) is 39.6 Å². The van der Waals surface area contributed by atoms with Crippen molar-refractivity contribution in [2.24, 2.45) is 0 Å². The molecule has 1 fully saturated rings. The Morgan fingerprint density at radius 3 is 2.27 bits per heavy atom. The number of pyridine rings is 1. The van der Waals surface area contributed by atoms with Crippen LogP contribution in [0.1, 0.15) is 17.5 Å². The van der Waals surface area contributed by atoms with Gasteiger partial charge in [0, 0.05) is 44.7 Å². The Hall–Kier alpha value is -2.28. The molecule has 3 rings (SSSR count). The molecule has 1 N–H and O–H groups in total. The van der Waals surface area contributed by atoms with Gasteiger partial charge in [-0.15, -0.1) is 0 Å². The van der Waals surface area contributed by atoms with Crippen molar-refractivity contribution in [2.75, 3.05) is 42.6 Å². The number of hydrogen-bond acceptors (Lipinski definition) is 4. The number of nitrogens with zero attached hydrogens (tertiary/aromatic N) is 3. The van der Waals surface area contributed by atoms with Gasteiger partial charge in [0.1, 0.15) is 5.82 Å². The van der Waals surface area contributed by atoms with Crippen LogP contribution in [0.4, 0.5) is 24.7 Å². The van der Waals surface area contributed by atoms with Crippen LogP contribution in [0.15, 0.2) is 42.6 Å². The van der Waals surface area contributed by atoms with Gasteiger partial charge in [0.2, 0.25) is 0 Å². The predicted molar refractivity (Wildman–Crippen MR) is 95.5 cm³/mol. The maximum absolute atomic E-state index is 12.7. The van der Waals surface area contributed by atoms with Crippen molar-refractivity contribution in [1.82, 2.24) is 4.98 Å². The SMILES string of the molecule is OCCCc1ccccc1N1CCN(c2ccc(C(F)(F)F)cn2)CC1. The lowest BCUT2D eigenvalue weighted by Gasteiger charge is -2.37. The van der Waals surface area contributed by atoms with Gasteiger partial charge in [-0.1, -0.05) is 18.2 Å². The summed E-state index contributed by atoms with van der Waals surface area (Å²) in [6, 6.07) is 10.7. The molecule has 1 aliphatic rings. The summed E-state index contributed by atoms with van der Waals surface area (Å²) in [6.45, 7) is 3.12. The molecule has 2 aromatic rings. The zero-order valence-electron chi connectivity index (χ0n) is 14.4. The van der Waals surface area contributed by atoms with Crippen molar-refractivity contribution < 1.29 is 18.3 Å². The van der Waals surface area contributed by atoms with E-state index in [4.69, 9.17) is 5.11 Å². The van der Waals surface area contributed by atoms with Crippen molar-refractivity contribution in [3.63, 3.8) is 0 Å². The Morgan fingerprint density at radius 1 is 0.962 bits per heavy atom. The lowest BCUT2D eigenvalue weighted by molar-refractivity contribution is -0.137. The number of piperazine rings is 1. The van der Waals surface area contributed by atoms with Crippen molar-refractivity contribution in [1.29, 1.82) is 0 Å². The van der Waals surface area contributed by atoms with E-state index in [0.717, 1.165) is 38.2 Å². The standard InChI is InChI=1S/C19H22F3N3O/c20-19(21,22)16-7-8-18(23-14-16)25-11-9-24(10-12-25)17-6-2-1-4-15(17)5-3-13-26/h1-2,4,6-8,14,26H,3,5,9-13H2. The van der Waals surface area contributed by atoms with Crippen LogP contribution >= 0.6 is 0 Å². The minimum absolute atomic E-state index is 0.168. The predicted octanol–water partition coefficient (Wildman–Crippen LogP) is 3.35. The second kappa shape index (κ2) is 7.95. The highest BCUT2D eigenvalue weighted by Crippen LogP contribution is 2.30. The average Bonchev–Trinajstić information content (AvgIpc) is 2.66. The molecule has 140 valence electrons. The number of para-hydroxylation sites is 1. The van der Waals surface area contributed by atoms with Gasteiger partial charge in [-0.25, -0.2) is 4.98 Å². The van der Waals surface area contributed by atoms with Crippen LogP contribution in [0.5, 0.6) is 0 Å². The van der Waals surface area contributed by atoms with E-state index in [0.29, 0.717) is 18.9 Å². The number of aromatic nitrogens is 1. The molecular formula is C19H22F3N3O. The maximum atomic E-state index is 12.7. The van der Waals surface area contributed by atoms with Gasteiger partial charge >= 0.3 is 6.18 Å². The highest BCUT2D eigenvalue weighted by atomic mass is 19.4. The van der Waals surface area contributed by atoms with E-state index in [1.165, 1.54) is 17.3 Å². The zero-order chi connectivity index (χ0) is 18.6. The first-order valence-electron chi connectivity index (χ1n) is 8.71. The van der Waals surface area contributed by atoms with Crippen molar-refractivity contribution >= 4 is 11.5 Å². The van der Waals surface area contributed by atoms with Gasteiger partial charge in [-0.3, -0.25) is 0 Å². The Morgan fingerprint density at radius 2 is 1.65 bits per heavy atom. The second-order valence-electron chi connectivity index (χ2n) is 6.33. The lowest BCUT2D eigenvalue weighted by Crippen LogP contribution is -2.47. The zero-order valence-corrected chi connectivity index (χ0v) is 14.4. The number of rotatable bonds is 5. The molecule has 1 saturated heterocycles. The van der Waals surface area contributed by atoms with Crippen LogP contribution in [0, 0.1) is 0 Å². The molecule has 0 saturated carbocycles. The highest BCUT2D eigenvalue weighted by molar-refractivity contribution is 5.55. The van der Waals surface area contributed by atoms with Crippen molar-refractivity contribution in [2.45, 2.75) is 19.0 Å². The number of halogens is 3. The summed E-state index contributed by atoms with van der Waals surface area (Å²) in [4.78, 5) is 8.28. The Balaban J connectivity index is 1.64. The molecule has 26 heavy (non-hydrogen) atoms. The number of benzene rings is 1. The molecule has 4 nitrogen and oxygen atoms in total. The molecule has 0 amide bonds. The molecule has 1 aromatic heterocycles. The van der Waals surface area contributed by atoms with E-state index < -0.39 is 11.7 Å². The highest BCUT2D eigenvalue weighted by Gasteiger charge is 2.31. The van der Waals surface area contributed by atoms with Crippen LogP contribution in [-0.4, -0.2) is 42.9 Å². The fourth-order valence-electron chi connectivity index (χ4n) is 3.22. The van der Waals surface area contributed by atoms with E-state index >= 15 is 0 Å². The molecule has 0 bridgehead atoms. The van der Waals surface area contributed by atoms with Crippen LogP contribution in [-0.2, 0) is 12.6 Å². The van der Waals surface area contributed by atoms with Gasteiger partial charge in [0.25, 0.3) is 0 Å². The van der Waals surface area contributed by atoms with Crippen LogP contribution < -0.4 is 9.80 Å². The van der Waals surface area contributed by atoms with Crippen LogP contribution in [0.3, 0.4) is 0 Å². The Labute approximate surface area is 150 Å². The molecule has 1 aliphatic heterocycles. The molecular weight excluding hydrogens is 343 g/mol. The molecule has 2 heterocycles. The third kappa shape index (κ3) is 4.27. The molecule has 0 aliphatic carbocycles. The van der Waals surface area contributed by atoms with E-state index in [-0.39, 0.29) is 6.61 Å². The van der Waals surface area contributed by atoms with E-state index in [2.05, 4.69) is 22.0 Å². The quantitative estimate of drug-likeness (QED) is 0.882. The number of aliphatic hydroxyl groups excluding tert-OH is 1. The van der Waals surface area contributed by atoms with Gasteiger partial charge < -0.3 is 14.9 Å². The summed E-state index contributed by atoms with van der Waals surface area (Å²) < 4.78 is 38.0. The van der Waals surface area contributed by atoms with E-state index in [9.17, 15) is 13.2 Å². The van der Waals surface area contributed by atoms with Crippen molar-refractivity contribution in [3.8, 4) is 0 Å². The summed E-state index contributed by atoms with van der Waals surface area (Å²) in [5, 5.41) is 9.06. The largest absolute Gasteiger partial charge is 0.417 e. The van der Waals surface area contributed by atoms with E-state index in [1.807, 2.05) is 17.0 Å². The van der Waals surface area contributed by atoms with Crippen molar-refractivity contribution in [3.05, 3.63) is 53.7 Å². The van der Waals surface area contributed by atoms with Gasteiger partial charge in [0.05, 0.1) is 5.56 Å². The number of aliphatic hydroxyl groups is 1.